The Balaban J connectivity index is 1.98. The second-order valence-electron chi connectivity index (χ2n) is 3.44. The van der Waals surface area contributed by atoms with Crippen molar-refractivity contribution in [3.05, 3.63) is 46.7 Å². The van der Waals surface area contributed by atoms with E-state index in [4.69, 9.17) is 10.00 Å². The molecule has 0 atom stereocenters. The predicted molar refractivity (Wildman–Crippen MR) is 69.8 cm³/mol. The topological polar surface area (TPSA) is 62.1 Å². The van der Waals surface area contributed by atoms with Crippen molar-refractivity contribution in [3.8, 4) is 11.8 Å². The van der Waals surface area contributed by atoms with Gasteiger partial charge in [0.25, 0.3) is 5.91 Å². The summed E-state index contributed by atoms with van der Waals surface area (Å²) < 4.78 is 5.12. The van der Waals surface area contributed by atoms with Crippen molar-refractivity contribution >= 4 is 22.9 Å². The van der Waals surface area contributed by atoms with Crippen molar-refractivity contribution in [1.29, 1.82) is 5.26 Å². The van der Waals surface area contributed by atoms with Crippen LogP contribution in [0.25, 0.3) is 0 Å². The molecule has 4 nitrogen and oxygen atoms in total. The quantitative estimate of drug-likeness (QED) is 0.917. The van der Waals surface area contributed by atoms with E-state index in [1.54, 1.807) is 35.7 Å². The average Bonchev–Trinajstić information content (AvgIpc) is 2.92. The van der Waals surface area contributed by atoms with Crippen LogP contribution in [0.2, 0.25) is 0 Å². The van der Waals surface area contributed by atoms with E-state index in [0.29, 0.717) is 17.0 Å². The molecule has 0 spiro atoms. The Morgan fingerprint density at radius 1 is 1.33 bits per heavy atom. The normalized spacial score (nSPS) is 9.50. The van der Waals surface area contributed by atoms with Gasteiger partial charge in [-0.2, -0.15) is 16.6 Å². The van der Waals surface area contributed by atoms with Gasteiger partial charge in [-0.3, -0.25) is 4.79 Å². The van der Waals surface area contributed by atoms with Crippen LogP contribution in [0.4, 0.5) is 5.69 Å². The summed E-state index contributed by atoms with van der Waals surface area (Å²) in [6, 6.07) is 10.5. The minimum absolute atomic E-state index is 0.0145. The SMILES string of the molecule is N#CCOc1ccc(NC(=O)c2ccsc2)cc1. The van der Waals surface area contributed by atoms with Gasteiger partial charge in [-0.05, 0) is 35.7 Å². The van der Waals surface area contributed by atoms with E-state index in [0.717, 1.165) is 0 Å². The van der Waals surface area contributed by atoms with Gasteiger partial charge in [-0.1, -0.05) is 0 Å². The van der Waals surface area contributed by atoms with Crippen molar-refractivity contribution in [3.63, 3.8) is 0 Å². The first kappa shape index (κ1) is 12.1. The lowest BCUT2D eigenvalue weighted by Crippen LogP contribution is -2.10. The third-order valence-corrected chi connectivity index (χ3v) is 2.88. The Morgan fingerprint density at radius 3 is 2.72 bits per heavy atom. The molecule has 1 N–H and O–H groups in total. The van der Waals surface area contributed by atoms with Gasteiger partial charge in [0, 0.05) is 11.1 Å². The van der Waals surface area contributed by atoms with Crippen LogP contribution in [-0.2, 0) is 0 Å². The number of anilines is 1. The fourth-order valence-electron chi connectivity index (χ4n) is 1.35. The van der Waals surface area contributed by atoms with E-state index in [-0.39, 0.29) is 12.5 Å². The molecule has 0 aliphatic carbocycles. The molecule has 0 unspecified atom stereocenters. The van der Waals surface area contributed by atoms with Crippen molar-refractivity contribution in [1.82, 2.24) is 0 Å². The minimum atomic E-state index is -0.137. The Labute approximate surface area is 108 Å². The lowest BCUT2D eigenvalue weighted by atomic mass is 10.2. The van der Waals surface area contributed by atoms with Crippen molar-refractivity contribution in [2.24, 2.45) is 0 Å². The molecule has 90 valence electrons. The number of nitriles is 1. The largest absolute Gasteiger partial charge is 0.479 e. The summed E-state index contributed by atoms with van der Waals surface area (Å²) in [7, 11) is 0. The number of amides is 1. The summed E-state index contributed by atoms with van der Waals surface area (Å²) in [4.78, 5) is 11.8. The van der Waals surface area contributed by atoms with Crippen LogP contribution in [0.15, 0.2) is 41.1 Å². The first-order chi connectivity index (χ1) is 8.79. The Kier molecular flexibility index (Phi) is 3.94. The van der Waals surface area contributed by atoms with Crippen molar-refractivity contribution in [2.45, 2.75) is 0 Å². The zero-order chi connectivity index (χ0) is 12.8. The van der Waals surface area contributed by atoms with Gasteiger partial charge in [0.05, 0.1) is 5.56 Å². The molecule has 5 heteroatoms. The van der Waals surface area contributed by atoms with Crippen LogP contribution in [0.3, 0.4) is 0 Å². The maximum atomic E-state index is 11.8. The summed E-state index contributed by atoms with van der Waals surface area (Å²) in [6.45, 7) is 0.0145. The molecule has 0 saturated carbocycles. The van der Waals surface area contributed by atoms with Crippen LogP contribution in [0.1, 0.15) is 10.4 Å². The van der Waals surface area contributed by atoms with Gasteiger partial charge in [0.2, 0.25) is 0 Å². The Bertz CT molecular complexity index is 556. The number of hydrogen-bond acceptors (Lipinski definition) is 4. The highest BCUT2D eigenvalue weighted by Crippen LogP contribution is 2.17. The number of ether oxygens (including phenoxy) is 1. The summed E-state index contributed by atoms with van der Waals surface area (Å²) in [5.74, 6) is 0.465. The third kappa shape index (κ3) is 3.09. The Morgan fingerprint density at radius 2 is 2.11 bits per heavy atom. The minimum Gasteiger partial charge on any atom is -0.479 e. The smallest absolute Gasteiger partial charge is 0.256 e. The summed E-state index contributed by atoms with van der Waals surface area (Å²) in [5, 5.41) is 14.8. The van der Waals surface area contributed by atoms with Gasteiger partial charge in [-0.25, -0.2) is 0 Å². The second kappa shape index (κ2) is 5.84. The van der Waals surface area contributed by atoms with Gasteiger partial charge in [-0.15, -0.1) is 0 Å². The summed E-state index contributed by atoms with van der Waals surface area (Å²) in [6.07, 6.45) is 0. The monoisotopic (exact) mass is 258 g/mol. The van der Waals surface area contributed by atoms with Crippen LogP contribution in [0, 0.1) is 11.3 Å². The zero-order valence-electron chi connectivity index (χ0n) is 9.42. The summed E-state index contributed by atoms with van der Waals surface area (Å²) >= 11 is 1.48. The maximum absolute atomic E-state index is 11.8. The standard InChI is InChI=1S/C13H10N2O2S/c14-6-7-17-12-3-1-11(2-4-12)15-13(16)10-5-8-18-9-10/h1-5,8-9H,7H2,(H,15,16). The van der Waals surface area contributed by atoms with E-state index in [1.807, 2.05) is 11.4 Å². The molecule has 0 fully saturated rings. The molecule has 0 saturated heterocycles. The third-order valence-electron chi connectivity index (χ3n) is 2.20. The van der Waals surface area contributed by atoms with Crippen LogP contribution in [-0.4, -0.2) is 12.5 Å². The van der Waals surface area contributed by atoms with E-state index >= 15 is 0 Å². The molecule has 1 aromatic heterocycles. The number of carbonyl (C=O) groups is 1. The van der Waals surface area contributed by atoms with Crippen LogP contribution < -0.4 is 10.1 Å². The number of benzene rings is 1. The lowest BCUT2D eigenvalue weighted by Gasteiger charge is -2.05. The lowest BCUT2D eigenvalue weighted by molar-refractivity contribution is 0.102. The molecule has 1 amide bonds. The molecular formula is C13H10N2O2S. The molecule has 2 rings (SSSR count). The number of rotatable bonds is 4. The molecule has 0 aliphatic heterocycles. The molecule has 1 aromatic carbocycles. The fraction of sp³-hybridized carbons (Fsp3) is 0.0769. The number of thiophene rings is 1. The molecule has 18 heavy (non-hydrogen) atoms. The highest BCUT2D eigenvalue weighted by Gasteiger charge is 2.05. The van der Waals surface area contributed by atoms with Crippen LogP contribution in [0.5, 0.6) is 5.75 Å². The Hall–Kier alpha value is -2.32. The molecule has 0 radical (unpaired) electrons. The molecule has 0 bridgehead atoms. The maximum Gasteiger partial charge on any atom is 0.256 e. The number of nitrogens with zero attached hydrogens (tertiary/aromatic N) is 1. The fourth-order valence-corrected chi connectivity index (χ4v) is 1.98. The predicted octanol–water partition coefficient (Wildman–Crippen LogP) is 2.90. The number of carbonyl (C=O) groups excluding carboxylic acids is 1. The molecule has 2 aromatic rings. The van der Waals surface area contributed by atoms with Gasteiger partial charge in [0.1, 0.15) is 11.8 Å². The van der Waals surface area contributed by atoms with Gasteiger partial charge >= 0.3 is 0 Å². The van der Waals surface area contributed by atoms with E-state index in [9.17, 15) is 4.79 Å². The average molecular weight is 258 g/mol. The van der Waals surface area contributed by atoms with Gasteiger partial charge in [0.15, 0.2) is 6.61 Å². The number of nitrogens with one attached hydrogen (secondary N) is 1. The summed E-state index contributed by atoms with van der Waals surface area (Å²) in [5.41, 5.74) is 1.33. The van der Waals surface area contributed by atoms with Crippen molar-refractivity contribution < 1.29 is 9.53 Å². The molecule has 1 heterocycles. The molecule has 0 aliphatic rings. The highest BCUT2D eigenvalue weighted by molar-refractivity contribution is 7.08. The first-order valence-corrected chi connectivity index (χ1v) is 6.17. The molecular weight excluding hydrogens is 248 g/mol. The van der Waals surface area contributed by atoms with Gasteiger partial charge < -0.3 is 10.1 Å². The highest BCUT2D eigenvalue weighted by atomic mass is 32.1. The number of hydrogen-bond donors (Lipinski definition) is 1. The van der Waals surface area contributed by atoms with E-state index in [1.165, 1.54) is 11.3 Å². The second-order valence-corrected chi connectivity index (χ2v) is 4.22. The van der Waals surface area contributed by atoms with Crippen molar-refractivity contribution in [2.75, 3.05) is 11.9 Å². The van der Waals surface area contributed by atoms with E-state index in [2.05, 4.69) is 5.32 Å². The van der Waals surface area contributed by atoms with Crippen LogP contribution >= 0.6 is 11.3 Å². The zero-order valence-corrected chi connectivity index (χ0v) is 10.2. The first-order valence-electron chi connectivity index (χ1n) is 5.23. The van der Waals surface area contributed by atoms with E-state index < -0.39 is 0 Å².